The van der Waals surface area contributed by atoms with E-state index in [-0.39, 0.29) is 6.04 Å². The van der Waals surface area contributed by atoms with Gasteiger partial charge in [0.1, 0.15) is 5.75 Å². The zero-order chi connectivity index (χ0) is 15.2. The van der Waals surface area contributed by atoms with E-state index in [9.17, 15) is 5.11 Å². The average Bonchev–Trinajstić information content (AvgIpc) is 3.05. The first-order valence-corrected chi connectivity index (χ1v) is 6.90. The fourth-order valence-corrected chi connectivity index (χ4v) is 2.57. The van der Waals surface area contributed by atoms with E-state index in [0.717, 1.165) is 16.7 Å². The van der Waals surface area contributed by atoms with Gasteiger partial charge in [-0.25, -0.2) is 0 Å². The molecular weight excluding hydrogens is 270 g/mol. The van der Waals surface area contributed by atoms with Crippen molar-refractivity contribution in [3.8, 4) is 17.1 Å². The van der Waals surface area contributed by atoms with Crippen molar-refractivity contribution in [1.82, 2.24) is 10.1 Å². The molecule has 2 aromatic rings. The summed E-state index contributed by atoms with van der Waals surface area (Å²) in [6.07, 6.45) is 0. The van der Waals surface area contributed by atoms with Gasteiger partial charge in [-0.3, -0.25) is 0 Å². The molecule has 0 amide bonds. The van der Waals surface area contributed by atoms with E-state index >= 15 is 0 Å². The number of hydrogen-bond acceptors (Lipinski definition) is 6. The highest BCUT2D eigenvalue weighted by Gasteiger charge is 2.44. The van der Waals surface area contributed by atoms with E-state index in [4.69, 9.17) is 15.0 Å². The molecule has 21 heavy (non-hydrogen) atoms. The Morgan fingerprint density at radius 1 is 1.33 bits per heavy atom. The third-order valence-electron chi connectivity index (χ3n) is 4.18. The molecule has 6 heteroatoms. The SMILES string of the molecule is Cc1cc(-c2noc(C3(C)COCC3N)n2)cc(C)c1O. The topological polar surface area (TPSA) is 94.4 Å². The zero-order valence-corrected chi connectivity index (χ0v) is 12.4. The average molecular weight is 289 g/mol. The summed E-state index contributed by atoms with van der Waals surface area (Å²) in [5, 5.41) is 13.9. The summed E-state index contributed by atoms with van der Waals surface area (Å²) in [4.78, 5) is 4.48. The highest BCUT2D eigenvalue weighted by atomic mass is 16.5. The smallest absolute Gasteiger partial charge is 0.236 e. The van der Waals surface area contributed by atoms with Crippen LogP contribution in [0.1, 0.15) is 23.9 Å². The van der Waals surface area contributed by atoms with E-state index < -0.39 is 5.41 Å². The summed E-state index contributed by atoms with van der Waals surface area (Å²) >= 11 is 0. The monoisotopic (exact) mass is 289 g/mol. The summed E-state index contributed by atoms with van der Waals surface area (Å²) in [5.74, 6) is 1.28. The van der Waals surface area contributed by atoms with Gasteiger partial charge in [0.15, 0.2) is 0 Å². The molecule has 1 fully saturated rings. The highest BCUT2D eigenvalue weighted by molar-refractivity contribution is 5.60. The molecule has 3 N–H and O–H groups in total. The summed E-state index contributed by atoms with van der Waals surface area (Å²) in [5.41, 5.74) is 8.00. The van der Waals surface area contributed by atoms with Crippen molar-refractivity contribution in [2.75, 3.05) is 13.2 Å². The van der Waals surface area contributed by atoms with Gasteiger partial charge >= 0.3 is 0 Å². The van der Waals surface area contributed by atoms with E-state index in [1.54, 1.807) is 0 Å². The summed E-state index contributed by atoms with van der Waals surface area (Å²) < 4.78 is 10.8. The lowest BCUT2D eigenvalue weighted by Crippen LogP contribution is -2.42. The molecule has 1 aliphatic rings. The van der Waals surface area contributed by atoms with Crippen LogP contribution in [0.15, 0.2) is 16.7 Å². The number of aromatic nitrogens is 2. The molecule has 1 aliphatic heterocycles. The summed E-state index contributed by atoms with van der Waals surface area (Å²) in [7, 11) is 0. The van der Waals surface area contributed by atoms with Gasteiger partial charge in [-0.2, -0.15) is 4.98 Å². The van der Waals surface area contributed by atoms with Crippen LogP contribution in [0.25, 0.3) is 11.4 Å². The number of nitrogens with two attached hydrogens (primary N) is 1. The molecule has 0 aliphatic carbocycles. The largest absolute Gasteiger partial charge is 0.507 e. The van der Waals surface area contributed by atoms with Crippen LogP contribution in [0, 0.1) is 13.8 Å². The first-order chi connectivity index (χ1) is 9.91. The number of phenolic OH excluding ortho intramolecular Hbond substituents is 1. The maximum absolute atomic E-state index is 9.83. The molecule has 2 atom stereocenters. The fraction of sp³-hybridized carbons (Fsp3) is 0.467. The summed E-state index contributed by atoms with van der Waals surface area (Å²) in [6, 6.07) is 3.52. The Balaban J connectivity index is 1.99. The second-order valence-corrected chi connectivity index (χ2v) is 5.92. The summed E-state index contributed by atoms with van der Waals surface area (Å²) in [6.45, 7) is 6.62. The standard InChI is InChI=1S/C15H19N3O3/c1-8-4-10(5-9(2)12(8)19)13-17-14(21-18-13)15(3)7-20-6-11(15)16/h4-5,11,19H,6-7,16H2,1-3H3. The first-order valence-electron chi connectivity index (χ1n) is 6.90. The van der Waals surface area contributed by atoms with Crippen LogP contribution >= 0.6 is 0 Å². The fourth-order valence-electron chi connectivity index (χ4n) is 2.57. The lowest BCUT2D eigenvalue weighted by Gasteiger charge is -2.21. The van der Waals surface area contributed by atoms with Crippen LogP contribution in [-0.2, 0) is 10.2 Å². The Kier molecular flexibility index (Phi) is 3.22. The maximum atomic E-state index is 9.83. The molecule has 1 aromatic heterocycles. The number of ether oxygens (including phenoxy) is 1. The second-order valence-electron chi connectivity index (χ2n) is 5.92. The van der Waals surface area contributed by atoms with Crippen molar-refractivity contribution in [3.63, 3.8) is 0 Å². The van der Waals surface area contributed by atoms with Crippen LogP contribution < -0.4 is 5.73 Å². The van der Waals surface area contributed by atoms with Crippen LogP contribution in [0.5, 0.6) is 5.75 Å². The first kappa shape index (κ1) is 14.0. The molecule has 0 bridgehead atoms. The quantitative estimate of drug-likeness (QED) is 0.873. The molecule has 2 unspecified atom stereocenters. The van der Waals surface area contributed by atoms with Crippen LogP contribution in [-0.4, -0.2) is 34.5 Å². The van der Waals surface area contributed by atoms with Crippen molar-refractivity contribution < 1.29 is 14.4 Å². The second kappa shape index (κ2) is 4.82. The van der Waals surface area contributed by atoms with Gasteiger partial charge in [0, 0.05) is 11.6 Å². The molecule has 1 aromatic carbocycles. The number of benzene rings is 1. The number of hydrogen-bond donors (Lipinski definition) is 2. The number of aryl methyl sites for hydroxylation is 2. The molecule has 0 saturated carbocycles. The maximum Gasteiger partial charge on any atom is 0.236 e. The minimum Gasteiger partial charge on any atom is -0.507 e. The highest BCUT2D eigenvalue weighted by Crippen LogP contribution is 2.33. The molecular formula is C15H19N3O3. The van der Waals surface area contributed by atoms with Gasteiger partial charge in [0.25, 0.3) is 0 Å². The van der Waals surface area contributed by atoms with Crippen molar-refractivity contribution in [2.45, 2.75) is 32.2 Å². The van der Waals surface area contributed by atoms with E-state index in [2.05, 4.69) is 10.1 Å². The van der Waals surface area contributed by atoms with E-state index in [1.807, 2.05) is 32.9 Å². The van der Waals surface area contributed by atoms with Crippen LogP contribution in [0.3, 0.4) is 0 Å². The van der Waals surface area contributed by atoms with Gasteiger partial charge in [-0.15, -0.1) is 0 Å². The molecule has 112 valence electrons. The Morgan fingerprint density at radius 3 is 2.57 bits per heavy atom. The normalized spacial score (nSPS) is 25.4. The lowest BCUT2D eigenvalue weighted by atomic mass is 9.86. The van der Waals surface area contributed by atoms with Crippen molar-refractivity contribution in [1.29, 1.82) is 0 Å². The molecule has 3 rings (SSSR count). The van der Waals surface area contributed by atoms with Gasteiger partial charge in [0.2, 0.25) is 11.7 Å². The van der Waals surface area contributed by atoms with Gasteiger partial charge < -0.3 is 20.1 Å². The molecule has 0 radical (unpaired) electrons. The minimum absolute atomic E-state index is 0.158. The minimum atomic E-state index is -0.452. The molecule has 2 heterocycles. The molecule has 0 spiro atoms. The van der Waals surface area contributed by atoms with Crippen LogP contribution in [0.2, 0.25) is 0 Å². The Morgan fingerprint density at radius 2 is 2.00 bits per heavy atom. The zero-order valence-electron chi connectivity index (χ0n) is 12.4. The number of nitrogens with zero attached hydrogens (tertiary/aromatic N) is 2. The van der Waals surface area contributed by atoms with Crippen molar-refractivity contribution in [3.05, 3.63) is 29.2 Å². The third-order valence-corrected chi connectivity index (χ3v) is 4.18. The van der Waals surface area contributed by atoms with E-state index in [1.165, 1.54) is 0 Å². The van der Waals surface area contributed by atoms with Crippen molar-refractivity contribution in [2.24, 2.45) is 5.73 Å². The van der Waals surface area contributed by atoms with E-state index in [0.29, 0.717) is 30.7 Å². The number of aromatic hydroxyl groups is 1. The lowest BCUT2D eigenvalue weighted by molar-refractivity contribution is 0.169. The van der Waals surface area contributed by atoms with Crippen molar-refractivity contribution >= 4 is 0 Å². The number of phenols is 1. The molecule has 6 nitrogen and oxygen atoms in total. The third kappa shape index (κ3) is 2.20. The number of rotatable bonds is 2. The Labute approximate surface area is 122 Å². The Hall–Kier alpha value is -1.92. The Bertz CT molecular complexity index is 660. The predicted octanol–water partition coefficient (Wildman–Crippen LogP) is 1.67. The predicted molar refractivity (Wildman–Crippen MR) is 77.0 cm³/mol. The van der Waals surface area contributed by atoms with Gasteiger partial charge in [-0.1, -0.05) is 5.16 Å². The van der Waals surface area contributed by atoms with Gasteiger partial charge in [0.05, 0.1) is 18.6 Å². The molecule has 1 saturated heterocycles. The van der Waals surface area contributed by atoms with Gasteiger partial charge in [-0.05, 0) is 44.0 Å². The van der Waals surface area contributed by atoms with Crippen LogP contribution in [0.4, 0.5) is 0 Å².